The van der Waals surface area contributed by atoms with Crippen LogP contribution in [0.2, 0.25) is 0 Å². The van der Waals surface area contributed by atoms with E-state index >= 15 is 0 Å². The molecule has 11 heteroatoms. The van der Waals surface area contributed by atoms with Gasteiger partial charge in [-0.1, -0.05) is 249 Å². The van der Waals surface area contributed by atoms with E-state index in [1.165, 1.54) is 0 Å². The number of aliphatic hydroxyl groups excluding tert-OH is 1. The summed E-state index contributed by atoms with van der Waals surface area (Å²) in [5, 5.41) is 13.0. The van der Waals surface area contributed by atoms with Gasteiger partial charge in [-0.3, -0.25) is 0 Å². The third-order valence-corrected chi connectivity index (χ3v) is 14.4. The fourth-order valence-electron chi connectivity index (χ4n) is 10.4. The van der Waals surface area contributed by atoms with Crippen LogP contribution in [0.15, 0.2) is 255 Å². The Morgan fingerprint density at radius 3 is 1.14 bits per heavy atom. The molecule has 8 aromatic carbocycles. The van der Waals surface area contributed by atoms with Crippen molar-refractivity contribution in [2.75, 3.05) is 19.8 Å². The van der Waals surface area contributed by atoms with Gasteiger partial charge in [-0.25, -0.2) is 0 Å². The van der Waals surface area contributed by atoms with Crippen molar-refractivity contribution in [3.63, 3.8) is 0 Å². The number of hydrogen-bond acceptors (Lipinski definition) is 11. The Labute approximate surface area is 470 Å². The lowest BCUT2D eigenvalue weighted by Gasteiger charge is -2.50. The topological polar surface area (TPSA) is 113 Å². The maximum absolute atomic E-state index is 13.0. The van der Waals surface area contributed by atoms with Gasteiger partial charge in [-0.15, -0.1) is 6.58 Å². The van der Waals surface area contributed by atoms with E-state index < -0.39 is 67.0 Å². The minimum atomic E-state index is -1.30. The highest BCUT2D eigenvalue weighted by atomic mass is 16.8. The first kappa shape index (κ1) is 56.3. The third-order valence-electron chi connectivity index (χ3n) is 14.4. The van der Waals surface area contributed by atoms with Crippen molar-refractivity contribution in [3.05, 3.63) is 300 Å². The summed E-state index contributed by atoms with van der Waals surface area (Å²) in [6, 6.07) is 79.9. The highest BCUT2D eigenvalue weighted by Crippen LogP contribution is 2.42. The smallest absolute Gasteiger partial charge is 0.187 e. The average Bonchev–Trinajstić information content (AvgIpc) is 3.72. The zero-order valence-corrected chi connectivity index (χ0v) is 44.8. The summed E-state index contributed by atoms with van der Waals surface area (Å²) in [6.45, 7) is 5.08. The Hall–Kier alpha value is -6.94. The standard InChI is InChI=1S/C69H70O11/c1-2-43-72-67-66(76-48-55-35-19-7-20-36-55)64(74-46-53-31-15-5-16-32-53)62(60(79-67)49-71-44-51-27-11-3-12-28-51)80-68-65(75-47-54-33-17-6-18-34-54)63(73-45-52-29-13-4-14-30-52)61(70)59(78-68)50-77-69(56-37-21-8-22-38-56,57-39-23-9-24-40-57)58-41-25-10-26-42-58/h2-42,59-68,70H,1,43-50H2/t59-,60-,61-,62-,63+,64+,65-,66-,67-,68-/m1/s1. The van der Waals surface area contributed by atoms with Crippen LogP contribution in [0.25, 0.3) is 0 Å². The summed E-state index contributed by atoms with van der Waals surface area (Å²) in [5.74, 6) is 0. The predicted octanol–water partition coefficient (Wildman–Crippen LogP) is 12.0. The molecule has 0 bridgehead atoms. The fourth-order valence-corrected chi connectivity index (χ4v) is 10.4. The second-order valence-corrected chi connectivity index (χ2v) is 19.9. The van der Waals surface area contributed by atoms with Crippen LogP contribution in [0, 0.1) is 0 Å². The van der Waals surface area contributed by atoms with Crippen molar-refractivity contribution in [1.82, 2.24) is 0 Å². The van der Waals surface area contributed by atoms with Crippen LogP contribution in [-0.4, -0.2) is 86.3 Å². The van der Waals surface area contributed by atoms with Gasteiger partial charge in [0, 0.05) is 0 Å². The highest BCUT2D eigenvalue weighted by Gasteiger charge is 2.55. The largest absolute Gasteiger partial charge is 0.387 e. The molecule has 11 nitrogen and oxygen atoms in total. The summed E-state index contributed by atoms with van der Waals surface area (Å²) < 4.78 is 70.2. The molecule has 412 valence electrons. The molecule has 2 aliphatic heterocycles. The molecule has 0 aromatic heterocycles. The average molecular weight is 1080 g/mol. The number of benzene rings is 8. The Morgan fingerprint density at radius 1 is 0.375 bits per heavy atom. The minimum Gasteiger partial charge on any atom is -0.387 e. The summed E-state index contributed by atoms with van der Waals surface area (Å²) in [5.41, 5.74) is 6.20. The van der Waals surface area contributed by atoms with Crippen LogP contribution in [-0.2, 0) is 86.0 Å². The molecule has 0 saturated carbocycles. The molecule has 0 unspecified atom stereocenters. The fraction of sp³-hybridized carbons (Fsp3) is 0.275. The minimum absolute atomic E-state index is 0.0587. The molecule has 0 aliphatic carbocycles. The molecule has 0 radical (unpaired) electrons. The van der Waals surface area contributed by atoms with Crippen LogP contribution >= 0.6 is 0 Å². The lowest BCUT2D eigenvalue weighted by Crippen LogP contribution is -2.66. The predicted molar refractivity (Wildman–Crippen MR) is 306 cm³/mol. The molecule has 0 spiro atoms. The summed E-state index contributed by atoms with van der Waals surface area (Å²) in [4.78, 5) is 0. The van der Waals surface area contributed by atoms with Crippen LogP contribution in [0.5, 0.6) is 0 Å². The SMILES string of the molecule is C=CCO[C@@H]1O[C@H](COCc2ccccc2)[C@@H](O[C@H]2O[C@H](COC(c3ccccc3)(c3ccccc3)c3ccccc3)[C@@H](O)[C@H](OCc3ccccc3)[C@H]2OCc2ccccc2)[C@H](OCc2ccccc2)[C@H]1OCc1ccccc1. The first-order valence-corrected chi connectivity index (χ1v) is 27.5. The molecule has 10 atom stereocenters. The Morgan fingerprint density at radius 2 is 0.725 bits per heavy atom. The number of aliphatic hydroxyl groups is 1. The van der Waals surface area contributed by atoms with E-state index in [0.717, 1.165) is 44.5 Å². The van der Waals surface area contributed by atoms with Gasteiger partial charge in [0.2, 0.25) is 0 Å². The molecule has 2 aliphatic rings. The maximum atomic E-state index is 13.0. The van der Waals surface area contributed by atoms with Gasteiger partial charge in [0.1, 0.15) is 54.4 Å². The summed E-state index contributed by atoms with van der Waals surface area (Å²) in [6.07, 6.45) is -8.48. The van der Waals surface area contributed by atoms with Gasteiger partial charge in [-0.05, 0) is 44.5 Å². The molecule has 0 amide bonds. The molecule has 10 rings (SSSR count). The second kappa shape index (κ2) is 29.0. The number of rotatable bonds is 27. The van der Waals surface area contributed by atoms with E-state index in [9.17, 15) is 5.11 Å². The Kier molecular flexibility index (Phi) is 20.4. The van der Waals surface area contributed by atoms with Crippen LogP contribution in [0.3, 0.4) is 0 Å². The van der Waals surface area contributed by atoms with E-state index in [0.29, 0.717) is 6.61 Å². The Bertz CT molecular complexity index is 2900. The van der Waals surface area contributed by atoms with E-state index in [-0.39, 0.29) is 46.2 Å². The van der Waals surface area contributed by atoms with Crippen molar-refractivity contribution in [2.45, 2.75) is 100 Å². The summed E-state index contributed by atoms with van der Waals surface area (Å²) >= 11 is 0. The molecular formula is C69H70O11. The van der Waals surface area contributed by atoms with Crippen molar-refractivity contribution in [3.8, 4) is 0 Å². The van der Waals surface area contributed by atoms with Crippen LogP contribution in [0.1, 0.15) is 44.5 Å². The van der Waals surface area contributed by atoms with E-state index in [1.807, 2.05) is 206 Å². The van der Waals surface area contributed by atoms with Crippen molar-refractivity contribution in [1.29, 1.82) is 0 Å². The van der Waals surface area contributed by atoms with Crippen molar-refractivity contribution < 1.29 is 52.5 Å². The normalized spacial score (nSPS) is 23.1. The van der Waals surface area contributed by atoms with Gasteiger partial charge in [0.15, 0.2) is 12.6 Å². The lowest BCUT2D eigenvalue weighted by molar-refractivity contribution is -0.375. The third kappa shape index (κ3) is 14.5. The molecule has 8 aromatic rings. The molecule has 2 fully saturated rings. The zero-order chi connectivity index (χ0) is 54.6. The second-order valence-electron chi connectivity index (χ2n) is 19.9. The molecule has 1 N–H and O–H groups in total. The molecule has 2 heterocycles. The Balaban J connectivity index is 1.07. The first-order chi connectivity index (χ1) is 39.6. The maximum Gasteiger partial charge on any atom is 0.187 e. The van der Waals surface area contributed by atoms with Gasteiger partial charge in [0.05, 0.1) is 52.9 Å². The van der Waals surface area contributed by atoms with Gasteiger partial charge in [0.25, 0.3) is 0 Å². The molecule has 2 saturated heterocycles. The number of ether oxygens (including phenoxy) is 10. The summed E-state index contributed by atoms with van der Waals surface area (Å²) in [7, 11) is 0. The van der Waals surface area contributed by atoms with Crippen LogP contribution < -0.4 is 0 Å². The monoisotopic (exact) mass is 1070 g/mol. The van der Waals surface area contributed by atoms with Gasteiger partial charge < -0.3 is 52.5 Å². The first-order valence-electron chi connectivity index (χ1n) is 27.5. The molecular weight excluding hydrogens is 1000 g/mol. The van der Waals surface area contributed by atoms with E-state index in [1.54, 1.807) is 6.08 Å². The van der Waals surface area contributed by atoms with Gasteiger partial charge in [-0.2, -0.15) is 0 Å². The van der Waals surface area contributed by atoms with E-state index in [2.05, 4.69) is 43.0 Å². The molecule has 80 heavy (non-hydrogen) atoms. The van der Waals surface area contributed by atoms with E-state index in [4.69, 9.17) is 47.4 Å². The van der Waals surface area contributed by atoms with Crippen LogP contribution in [0.4, 0.5) is 0 Å². The van der Waals surface area contributed by atoms with Crippen molar-refractivity contribution in [2.24, 2.45) is 0 Å². The zero-order valence-electron chi connectivity index (χ0n) is 44.8. The van der Waals surface area contributed by atoms with Crippen molar-refractivity contribution >= 4 is 0 Å². The lowest BCUT2D eigenvalue weighted by atomic mass is 9.80. The highest BCUT2D eigenvalue weighted by molar-refractivity contribution is 5.47. The number of hydrogen-bond donors (Lipinski definition) is 1. The van der Waals surface area contributed by atoms with Gasteiger partial charge >= 0.3 is 0 Å². The quantitative estimate of drug-likeness (QED) is 0.0392.